The van der Waals surface area contributed by atoms with Crippen molar-refractivity contribution in [3.63, 3.8) is 0 Å². The van der Waals surface area contributed by atoms with E-state index in [1.807, 2.05) is 0 Å². The van der Waals surface area contributed by atoms with Gasteiger partial charge in [-0.25, -0.2) is 4.79 Å². The number of unbranched alkanes of at least 4 members (excludes halogenated alkanes) is 6. The molecule has 0 fully saturated rings. The summed E-state index contributed by atoms with van der Waals surface area (Å²) >= 11 is 0. The van der Waals surface area contributed by atoms with Crippen molar-refractivity contribution >= 4 is 6.16 Å². The van der Waals surface area contributed by atoms with Crippen molar-refractivity contribution in [2.45, 2.75) is 84.2 Å². The lowest BCUT2D eigenvalue weighted by Crippen LogP contribution is -2.16. The van der Waals surface area contributed by atoms with Gasteiger partial charge in [-0.1, -0.05) is 58.8 Å². The number of hydrogen-bond acceptors (Lipinski definition) is 2. The maximum atomic E-state index is 10.5. The third kappa shape index (κ3) is 11.5. The Morgan fingerprint density at radius 1 is 0.941 bits per heavy atom. The van der Waals surface area contributed by atoms with Crippen LogP contribution in [0.1, 0.15) is 78.1 Å². The van der Waals surface area contributed by atoms with Crippen LogP contribution in [0.4, 0.5) is 4.79 Å². The van der Waals surface area contributed by atoms with Gasteiger partial charge < -0.3 is 9.84 Å². The van der Waals surface area contributed by atoms with E-state index in [1.54, 1.807) is 0 Å². The van der Waals surface area contributed by atoms with Crippen LogP contribution in [0, 0.1) is 0 Å². The minimum Gasteiger partial charge on any atom is -0.450 e. The minimum absolute atomic E-state index is 0.0897. The Kier molecular flexibility index (Phi) is 11.2. The Balaban J connectivity index is 3.43. The van der Waals surface area contributed by atoms with E-state index < -0.39 is 6.16 Å². The molecular weight excluding hydrogens is 216 g/mol. The van der Waals surface area contributed by atoms with E-state index in [4.69, 9.17) is 9.84 Å². The minimum atomic E-state index is -1.13. The molecular formula is C14H28O3. The largest absolute Gasteiger partial charge is 0.506 e. The van der Waals surface area contributed by atoms with Gasteiger partial charge in [0.25, 0.3) is 0 Å². The summed E-state index contributed by atoms with van der Waals surface area (Å²) < 4.78 is 4.85. The summed E-state index contributed by atoms with van der Waals surface area (Å²) in [5.41, 5.74) is 0. The Hall–Kier alpha value is -0.730. The molecule has 0 aromatic rings. The average Bonchev–Trinajstić information content (AvgIpc) is 2.27. The highest BCUT2D eigenvalue weighted by Crippen LogP contribution is 2.14. The van der Waals surface area contributed by atoms with Gasteiger partial charge >= 0.3 is 6.16 Å². The van der Waals surface area contributed by atoms with Crippen molar-refractivity contribution in [1.82, 2.24) is 0 Å². The second-order valence-corrected chi connectivity index (χ2v) is 4.70. The number of hydrogen-bond donors (Lipinski definition) is 1. The van der Waals surface area contributed by atoms with E-state index >= 15 is 0 Å². The molecule has 0 aliphatic rings. The smallest absolute Gasteiger partial charge is 0.450 e. The van der Waals surface area contributed by atoms with Crippen molar-refractivity contribution in [1.29, 1.82) is 0 Å². The summed E-state index contributed by atoms with van der Waals surface area (Å²) in [7, 11) is 0. The van der Waals surface area contributed by atoms with Crippen LogP contribution in [0.3, 0.4) is 0 Å². The summed E-state index contributed by atoms with van der Waals surface area (Å²) in [4.78, 5) is 10.5. The first-order chi connectivity index (χ1) is 8.20. The highest BCUT2D eigenvalue weighted by Gasteiger charge is 2.11. The SMILES string of the molecule is CCCCCCCCCC(CCC)OC(=O)O. The van der Waals surface area contributed by atoms with Gasteiger partial charge in [-0.15, -0.1) is 0 Å². The van der Waals surface area contributed by atoms with Crippen LogP contribution in [0.25, 0.3) is 0 Å². The molecule has 102 valence electrons. The van der Waals surface area contributed by atoms with E-state index in [0.29, 0.717) is 0 Å². The molecule has 0 saturated heterocycles. The molecule has 0 rings (SSSR count). The summed E-state index contributed by atoms with van der Waals surface area (Å²) in [5.74, 6) is 0. The first-order valence-corrected chi connectivity index (χ1v) is 7.10. The highest BCUT2D eigenvalue weighted by molar-refractivity contribution is 5.57. The van der Waals surface area contributed by atoms with Crippen molar-refractivity contribution < 1.29 is 14.6 Å². The first-order valence-electron chi connectivity index (χ1n) is 7.10. The molecule has 1 N–H and O–H groups in total. The molecule has 0 saturated carbocycles. The van der Waals surface area contributed by atoms with Crippen molar-refractivity contribution in [2.75, 3.05) is 0 Å². The Bertz CT molecular complexity index is 180. The second kappa shape index (κ2) is 11.7. The molecule has 1 atom stereocenters. The van der Waals surface area contributed by atoms with Gasteiger partial charge in [-0.2, -0.15) is 0 Å². The average molecular weight is 244 g/mol. The monoisotopic (exact) mass is 244 g/mol. The topological polar surface area (TPSA) is 46.5 Å². The molecule has 0 aromatic carbocycles. The molecule has 0 aromatic heterocycles. The van der Waals surface area contributed by atoms with Crippen LogP contribution < -0.4 is 0 Å². The normalized spacial score (nSPS) is 12.4. The Morgan fingerprint density at radius 2 is 1.53 bits per heavy atom. The van der Waals surface area contributed by atoms with E-state index in [-0.39, 0.29) is 6.10 Å². The van der Waals surface area contributed by atoms with Gasteiger partial charge in [-0.3, -0.25) is 0 Å². The van der Waals surface area contributed by atoms with Crippen LogP contribution in [0.15, 0.2) is 0 Å². The fraction of sp³-hybridized carbons (Fsp3) is 0.929. The second-order valence-electron chi connectivity index (χ2n) is 4.70. The van der Waals surface area contributed by atoms with E-state index in [0.717, 1.165) is 25.7 Å². The number of ether oxygens (including phenoxy) is 1. The Labute approximate surface area is 106 Å². The van der Waals surface area contributed by atoms with Gasteiger partial charge in [0.1, 0.15) is 6.10 Å². The zero-order valence-electron chi connectivity index (χ0n) is 11.4. The van der Waals surface area contributed by atoms with Crippen LogP contribution >= 0.6 is 0 Å². The fourth-order valence-corrected chi connectivity index (χ4v) is 2.06. The standard InChI is InChI=1S/C14H28O3/c1-3-5-6-7-8-9-10-12-13(11-4-2)17-14(15)16/h13H,3-12H2,1-2H3,(H,15,16). The number of rotatable bonds is 11. The van der Waals surface area contributed by atoms with E-state index in [2.05, 4.69) is 13.8 Å². The van der Waals surface area contributed by atoms with Gasteiger partial charge in [0.2, 0.25) is 0 Å². The molecule has 0 bridgehead atoms. The molecule has 1 unspecified atom stereocenters. The summed E-state index contributed by atoms with van der Waals surface area (Å²) in [5, 5.41) is 8.59. The molecule has 3 heteroatoms. The Morgan fingerprint density at radius 3 is 2.06 bits per heavy atom. The van der Waals surface area contributed by atoms with Crippen LogP contribution in [0.5, 0.6) is 0 Å². The van der Waals surface area contributed by atoms with E-state index in [1.165, 1.54) is 38.5 Å². The van der Waals surface area contributed by atoms with Gasteiger partial charge in [0.05, 0.1) is 0 Å². The summed E-state index contributed by atoms with van der Waals surface area (Å²) in [6.07, 6.45) is 10.3. The molecule has 0 amide bonds. The molecule has 17 heavy (non-hydrogen) atoms. The third-order valence-electron chi connectivity index (χ3n) is 3.01. The predicted octanol–water partition coefficient (Wildman–Crippen LogP) is 4.99. The van der Waals surface area contributed by atoms with E-state index in [9.17, 15) is 4.79 Å². The predicted molar refractivity (Wildman–Crippen MR) is 70.4 cm³/mol. The quantitative estimate of drug-likeness (QED) is 0.411. The lowest BCUT2D eigenvalue weighted by Gasteiger charge is -2.14. The fourth-order valence-electron chi connectivity index (χ4n) is 2.06. The molecule has 0 aliphatic carbocycles. The molecule has 0 radical (unpaired) electrons. The van der Waals surface area contributed by atoms with Gasteiger partial charge in [-0.05, 0) is 19.3 Å². The maximum absolute atomic E-state index is 10.5. The maximum Gasteiger partial charge on any atom is 0.506 e. The summed E-state index contributed by atoms with van der Waals surface area (Å²) in [6, 6.07) is 0. The molecule has 0 spiro atoms. The first kappa shape index (κ1) is 16.3. The zero-order chi connectivity index (χ0) is 12.9. The van der Waals surface area contributed by atoms with Crippen LogP contribution in [0.2, 0.25) is 0 Å². The van der Waals surface area contributed by atoms with Gasteiger partial charge in [0.15, 0.2) is 0 Å². The molecule has 3 nitrogen and oxygen atoms in total. The highest BCUT2D eigenvalue weighted by atomic mass is 16.7. The number of carboxylic acid groups (broad SMARTS) is 1. The van der Waals surface area contributed by atoms with Crippen molar-refractivity contribution in [3.8, 4) is 0 Å². The lowest BCUT2D eigenvalue weighted by molar-refractivity contribution is 0.0431. The summed E-state index contributed by atoms with van der Waals surface area (Å²) in [6.45, 7) is 4.28. The van der Waals surface area contributed by atoms with Crippen LogP contribution in [-0.4, -0.2) is 17.4 Å². The number of carbonyl (C=O) groups is 1. The van der Waals surface area contributed by atoms with Gasteiger partial charge in [0, 0.05) is 0 Å². The lowest BCUT2D eigenvalue weighted by atomic mass is 10.0. The third-order valence-corrected chi connectivity index (χ3v) is 3.01. The zero-order valence-corrected chi connectivity index (χ0v) is 11.4. The molecule has 0 aliphatic heterocycles. The van der Waals surface area contributed by atoms with Crippen molar-refractivity contribution in [3.05, 3.63) is 0 Å². The van der Waals surface area contributed by atoms with Crippen LogP contribution in [-0.2, 0) is 4.74 Å². The van der Waals surface area contributed by atoms with Crippen molar-refractivity contribution in [2.24, 2.45) is 0 Å². The molecule has 0 heterocycles.